The Hall–Kier alpha value is -3.60. The summed E-state index contributed by atoms with van der Waals surface area (Å²) in [4.78, 5) is 0. The van der Waals surface area contributed by atoms with Crippen molar-refractivity contribution in [3.8, 4) is 34.1 Å². The molecule has 0 fully saturated rings. The molecule has 0 aliphatic carbocycles. The van der Waals surface area contributed by atoms with Crippen molar-refractivity contribution < 1.29 is 28.1 Å². The summed E-state index contributed by atoms with van der Waals surface area (Å²) in [5, 5.41) is 27.9. The van der Waals surface area contributed by atoms with Gasteiger partial charge in [0.15, 0.2) is 6.29 Å². The van der Waals surface area contributed by atoms with E-state index in [0.717, 1.165) is 12.1 Å². The normalized spacial score (nSPS) is 11.7. The van der Waals surface area contributed by atoms with Crippen LogP contribution in [0.3, 0.4) is 0 Å². The van der Waals surface area contributed by atoms with Crippen LogP contribution in [0, 0.1) is 11.3 Å². The Morgan fingerprint density at radius 1 is 0.968 bits per heavy atom. The van der Waals surface area contributed by atoms with E-state index in [9.17, 15) is 18.4 Å². The van der Waals surface area contributed by atoms with Crippen LogP contribution in [0.1, 0.15) is 16.7 Å². The van der Waals surface area contributed by atoms with Gasteiger partial charge in [-0.25, -0.2) is 0 Å². The summed E-state index contributed by atoms with van der Waals surface area (Å²) >= 11 is 0. The standard InChI is InChI=1S/C24H18F3NO3/c1-31-20-7-9-21(17(13-20)6-10-23(29)30)16-5-8-22(18(11-16)14-28)15-3-2-4-19(12-15)24(25,26)27/h2-13,23,29-30H,1H3/b10-6+. The highest BCUT2D eigenvalue weighted by molar-refractivity contribution is 5.81. The Labute approximate surface area is 177 Å². The monoisotopic (exact) mass is 425 g/mol. The van der Waals surface area contributed by atoms with Crippen LogP contribution in [-0.2, 0) is 6.18 Å². The predicted octanol–water partition coefficient (Wildman–Crippen LogP) is 5.24. The lowest BCUT2D eigenvalue weighted by Gasteiger charge is -2.13. The molecule has 0 spiro atoms. The highest BCUT2D eigenvalue weighted by Crippen LogP contribution is 2.35. The number of halogens is 3. The van der Waals surface area contributed by atoms with Gasteiger partial charge in [0.2, 0.25) is 0 Å². The van der Waals surface area contributed by atoms with Gasteiger partial charge in [-0.15, -0.1) is 0 Å². The number of aliphatic hydroxyl groups excluding tert-OH is 1. The van der Waals surface area contributed by atoms with Crippen LogP contribution in [0.5, 0.6) is 5.75 Å². The number of nitrogens with zero attached hydrogens (tertiary/aromatic N) is 1. The molecule has 0 saturated heterocycles. The number of methoxy groups -OCH3 is 1. The van der Waals surface area contributed by atoms with E-state index in [0.29, 0.717) is 28.0 Å². The number of alkyl halides is 3. The average molecular weight is 425 g/mol. The van der Waals surface area contributed by atoms with E-state index in [2.05, 4.69) is 6.07 Å². The Morgan fingerprint density at radius 2 is 1.68 bits per heavy atom. The number of hydrogen-bond acceptors (Lipinski definition) is 4. The zero-order valence-corrected chi connectivity index (χ0v) is 16.4. The first kappa shape index (κ1) is 22.1. The Kier molecular flexibility index (Phi) is 6.44. The number of hydrogen-bond donors (Lipinski definition) is 2. The Balaban J connectivity index is 2.10. The first-order chi connectivity index (χ1) is 14.7. The van der Waals surface area contributed by atoms with Gasteiger partial charge in [0.1, 0.15) is 5.75 Å². The lowest BCUT2D eigenvalue weighted by molar-refractivity contribution is -0.137. The second-order valence-corrected chi connectivity index (χ2v) is 6.68. The van der Waals surface area contributed by atoms with Crippen molar-refractivity contribution in [3.05, 3.63) is 83.4 Å². The largest absolute Gasteiger partial charge is 0.497 e. The molecule has 0 saturated carbocycles. The summed E-state index contributed by atoms with van der Waals surface area (Å²) in [6.07, 6.45) is -3.43. The molecule has 0 aromatic heterocycles. The van der Waals surface area contributed by atoms with Crippen molar-refractivity contribution in [2.24, 2.45) is 0 Å². The molecule has 0 unspecified atom stereocenters. The van der Waals surface area contributed by atoms with Crippen molar-refractivity contribution in [3.63, 3.8) is 0 Å². The van der Waals surface area contributed by atoms with Gasteiger partial charge in [0.25, 0.3) is 0 Å². The maximum absolute atomic E-state index is 13.1. The summed E-state index contributed by atoms with van der Waals surface area (Å²) in [6.45, 7) is 0. The summed E-state index contributed by atoms with van der Waals surface area (Å²) < 4.78 is 44.4. The molecule has 0 aliphatic rings. The quantitative estimate of drug-likeness (QED) is 0.548. The summed E-state index contributed by atoms with van der Waals surface area (Å²) in [7, 11) is 1.50. The second kappa shape index (κ2) is 9.04. The van der Waals surface area contributed by atoms with Crippen LogP contribution in [0.15, 0.2) is 66.7 Å². The molecule has 3 aromatic carbocycles. The maximum Gasteiger partial charge on any atom is 0.416 e. The molecule has 0 bridgehead atoms. The van der Waals surface area contributed by atoms with Crippen molar-refractivity contribution in [2.45, 2.75) is 12.5 Å². The SMILES string of the molecule is COc1ccc(-c2ccc(-c3cccc(C(F)(F)F)c3)c(C#N)c2)c(/C=C/C(O)O)c1. The molecule has 3 aromatic rings. The molecule has 0 aliphatic heterocycles. The van der Waals surface area contributed by atoms with Crippen LogP contribution in [0.25, 0.3) is 28.3 Å². The minimum Gasteiger partial charge on any atom is -0.497 e. The van der Waals surface area contributed by atoms with Crippen molar-refractivity contribution in [1.82, 2.24) is 0 Å². The minimum atomic E-state index is -4.48. The molecule has 2 N–H and O–H groups in total. The summed E-state index contributed by atoms with van der Waals surface area (Å²) in [6, 6.07) is 16.9. The number of nitriles is 1. The number of benzene rings is 3. The van der Waals surface area contributed by atoms with E-state index in [1.165, 1.54) is 31.4 Å². The zero-order valence-electron chi connectivity index (χ0n) is 16.4. The molecule has 0 atom stereocenters. The van der Waals surface area contributed by atoms with Gasteiger partial charge in [0.05, 0.1) is 24.3 Å². The van der Waals surface area contributed by atoms with Crippen LogP contribution in [0.2, 0.25) is 0 Å². The second-order valence-electron chi connectivity index (χ2n) is 6.68. The number of aliphatic hydroxyl groups is 2. The topological polar surface area (TPSA) is 73.5 Å². The molecule has 158 valence electrons. The summed E-state index contributed by atoms with van der Waals surface area (Å²) in [5.41, 5.74) is 2.03. The third kappa shape index (κ3) is 5.12. The first-order valence-corrected chi connectivity index (χ1v) is 9.17. The maximum atomic E-state index is 13.1. The molecular weight excluding hydrogens is 407 g/mol. The zero-order chi connectivity index (χ0) is 22.6. The van der Waals surface area contributed by atoms with Crippen LogP contribution in [-0.4, -0.2) is 23.6 Å². The van der Waals surface area contributed by atoms with E-state index >= 15 is 0 Å². The van der Waals surface area contributed by atoms with E-state index in [1.54, 1.807) is 36.4 Å². The summed E-state index contributed by atoms with van der Waals surface area (Å²) in [5.74, 6) is 0.553. The smallest absolute Gasteiger partial charge is 0.416 e. The average Bonchev–Trinajstić information content (AvgIpc) is 2.76. The van der Waals surface area contributed by atoms with E-state index < -0.39 is 18.0 Å². The van der Waals surface area contributed by atoms with Crippen molar-refractivity contribution >= 4 is 6.08 Å². The Morgan fingerprint density at radius 3 is 2.32 bits per heavy atom. The van der Waals surface area contributed by atoms with E-state index in [-0.39, 0.29) is 11.1 Å². The molecule has 0 heterocycles. The Bertz CT molecular complexity index is 1160. The molecule has 31 heavy (non-hydrogen) atoms. The van der Waals surface area contributed by atoms with E-state index in [1.807, 2.05) is 0 Å². The molecule has 7 heteroatoms. The lowest BCUT2D eigenvalue weighted by atomic mass is 9.92. The molecule has 3 rings (SSSR count). The van der Waals surface area contributed by atoms with Crippen LogP contribution >= 0.6 is 0 Å². The van der Waals surface area contributed by atoms with Gasteiger partial charge in [0, 0.05) is 0 Å². The number of rotatable bonds is 5. The molecule has 0 amide bonds. The van der Waals surface area contributed by atoms with Crippen LogP contribution in [0.4, 0.5) is 13.2 Å². The fourth-order valence-corrected chi connectivity index (χ4v) is 3.18. The van der Waals surface area contributed by atoms with E-state index in [4.69, 9.17) is 14.9 Å². The molecule has 0 radical (unpaired) electrons. The number of ether oxygens (including phenoxy) is 1. The fraction of sp³-hybridized carbons (Fsp3) is 0.125. The minimum absolute atomic E-state index is 0.213. The van der Waals surface area contributed by atoms with Crippen molar-refractivity contribution in [2.75, 3.05) is 7.11 Å². The highest BCUT2D eigenvalue weighted by atomic mass is 19.4. The highest BCUT2D eigenvalue weighted by Gasteiger charge is 2.30. The predicted molar refractivity (Wildman–Crippen MR) is 111 cm³/mol. The van der Waals surface area contributed by atoms with Gasteiger partial charge in [-0.1, -0.05) is 36.4 Å². The third-order valence-electron chi connectivity index (χ3n) is 4.66. The third-order valence-corrected chi connectivity index (χ3v) is 4.66. The lowest BCUT2D eigenvalue weighted by Crippen LogP contribution is -2.04. The molecule has 4 nitrogen and oxygen atoms in total. The fourth-order valence-electron chi connectivity index (χ4n) is 3.18. The van der Waals surface area contributed by atoms with Gasteiger partial charge in [-0.05, 0) is 64.2 Å². The van der Waals surface area contributed by atoms with Gasteiger partial charge >= 0.3 is 6.18 Å². The van der Waals surface area contributed by atoms with Crippen molar-refractivity contribution in [1.29, 1.82) is 5.26 Å². The van der Waals surface area contributed by atoms with Gasteiger partial charge in [-0.3, -0.25) is 0 Å². The van der Waals surface area contributed by atoms with Crippen LogP contribution < -0.4 is 4.74 Å². The van der Waals surface area contributed by atoms with Gasteiger partial charge in [-0.2, -0.15) is 18.4 Å². The first-order valence-electron chi connectivity index (χ1n) is 9.17. The van der Waals surface area contributed by atoms with Gasteiger partial charge < -0.3 is 14.9 Å². The molecular formula is C24H18F3NO3.